The SMILES string of the molecule is CC(C)CN1CCOC(CSC(N)=NN)C1. The zero-order valence-corrected chi connectivity index (χ0v) is 10.9. The molecule has 5 nitrogen and oxygen atoms in total. The van der Waals surface area contributed by atoms with Crippen LogP contribution in [0.5, 0.6) is 0 Å². The summed E-state index contributed by atoms with van der Waals surface area (Å²) < 4.78 is 5.67. The quantitative estimate of drug-likeness (QED) is 0.322. The van der Waals surface area contributed by atoms with Crippen molar-refractivity contribution in [3.63, 3.8) is 0 Å². The fourth-order valence-corrected chi connectivity index (χ4v) is 2.41. The second kappa shape index (κ2) is 6.98. The third kappa shape index (κ3) is 5.05. The van der Waals surface area contributed by atoms with Crippen LogP contribution in [0, 0.1) is 5.92 Å². The van der Waals surface area contributed by atoms with Crippen LogP contribution in [0.4, 0.5) is 0 Å². The smallest absolute Gasteiger partial charge is 0.177 e. The number of morpholine rings is 1. The minimum absolute atomic E-state index is 0.234. The van der Waals surface area contributed by atoms with Gasteiger partial charge in [0.05, 0.1) is 12.7 Å². The van der Waals surface area contributed by atoms with Gasteiger partial charge in [0.25, 0.3) is 0 Å². The molecule has 0 aromatic carbocycles. The van der Waals surface area contributed by atoms with Crippen LogP contribution in [0.25, 0.3) is 0 Å². The van der Waals surface area contributed by atoms with Crippen molar-refractivity contribution in [3.05, 3.63) is 0 Å². The van der Waals surface area contributed by atoms with Crippen molar-refractivity contribution in [1.29, 1.82) is 0 Å². The Morgan fingerprint density at radius 2 is 2.38 bits per heavy atom. The Bertz CT molecular complexity index is 235. The van der Waals surface area contributed by atoms with Crippen molar-refractivity contribution < 1.29 is 4.74 Å². The molecule has 1 aliphatic heterocycles. The van der Waals surface area contributed by atoms with Gasteiger partial charge in [0, 0.05) is 25.4 Å². The lowest BCUT2D eigenvalue weighted by Gasteiger charge is -2.33. The third-order valence-corrected chi connectivity index (χ3v) is 3.33. The Balaban J connectivity index is 2.27. The molecule has 1 unspecified atom stereocenters. The van der Waals surface area contributed by atoms with E-state index in [0.717, 1.165) is 32.0 Å². The van der Waals surface area contributed by atoms with Crippen LogP contribution in [0.15, 0.2) is 5.10 Å². The molecular formula is C10H22N4OS. The van der Waals surface area contributed by atoms with Crippen molar-refractivity contribution in [2.45, 2.75) is 20.0 Å². The largest absolute Gasteiger partial charge is 0.377 e. The van der Waals surface area contributed by atoms with Gasteiger partial charge in [-0.15, -0.1) is 0 Å². The zero-order valence-electron chi connectivity index (χ0n) is 10.1. The van der Waals surface area contributed by atoms with E-state index in [1.165, 1.54) is 11.8 Å². The molecule has 0 bridgehead atoms. The van der Waals surface area contributed by atoms with Gasteiger partial charge in [0.2, 0.25) is 0 Å². The predicted octanol–water partition coefficient (Wildman–Crippen LogP) is 0.265. The first-order valence-corrected chi connectivity index (χ1v) is 6.60. The molecule has 1 saturated heterocycles. The minimum atomic E-state index is 0.234. The zero-order chi connectivity index (χ0) is 12.0. The van der Waals surface area contributed by atoms with E-state index in [0.29, 0.717) is 11.1 Å². The molecule has 6 heteroatoms. The number of nitrogens with zero attached hydrogens (tertiary/aromatic N) is 2. The Labute approximate surface area is 102 Å². The van der Waals surface area contributed by atoms with Crippen molar-refractivity contribution >= 4 is 16.9 Å². The number of hydrogen-bond donors (Lipinski definition) is 2. The van der Waals surface area contributed by atoms with Crippen molar-refractivity contribution in [2.24, 2.45) is 22.6 Å². The Hall–Kier alpha value is -0.460. The summed E-state index contributed by atoms with van der Waals surface area (Å²) in [4.78, 5) is 2.44. The highest BCUT2D eigenvalue weighted by Crippen LogP contribution is 2.12. The molecule has 0 radical (unpaired) electrons. The second-order valence-electron chi connectivity index (χ2n) is 4.42. The molecule has 16 heavy (non-hydrogen) atoms. The van der Waals surface area contributed by atoms with Gasteiger partial charge in [0.1, 0.15) is 0 Å². The maximum Gasteiger partial charge on any atom is 0.177 e. The van der Waals surface area contributed by atoms with Crippen LogP contribution < -0.4 is 11.6 Å². The lowest BCUT2D eigenvalue weighted by Crippen LogP contribution is -2.45. The Kier molecular flexibility index (Phi) is 5.94. The van der Waals surface area contributed by atoms with Crippen LogP contribution in [0.3, 0.4) is 0 Å². The number of hydrazone groups is 1. The Morgan fingerprint density at radius 1 is 1.62 bits per heavy atom. The van der Waals surface area contributed by atoms with E-state index in [2.05, 4.69) is 23.8 Å². The molecule has 0 aromatic heterocycles. The van der Waals surface area contributed by atoms with E-state index in [9.17, 15) is 0 Å². The van der Waals surface area contributed by atoms with E-state index in [1.807, 2.05) is 0 Å². The predicted molar refractivity (Wildman–Crippen MR) is 69.3 cm³/mol. The van der Waals surface area contributed by atoms with E-state index >= 15 is 0 Å². The monoisotopic (exact) mass is 246 g/mol. The molecule has 0 amide bonds. The van der Waals surface area contributed by atoms with Gasteiger partial charge in [-0.1, -0.05) is 25.6 Å². The third-order valence-electron chi connectivity index (χ3n) is 2.39. The number of amidine groups is 1. The summed E-state index contributed by atoms with van der Waals surface area (Å²) in [5.74, 6) is 6.59. The summed E-state index contributed by atoms with van der Waals surface area (Å²) >= 11 is 1.45. The average molecular weight is 246 g/mol. The first kappa shape index (κ1) is 13.6. The van der Waals surface area contributed by atoms with Gasteiger partial charge in [0.15, 0.2) is 5.17 Å². The van der Waals surface area contributed by atoms with Gasteiger partial charge in [-0.3, -0.25) is 4.90 Å². The normalized spacial score (nSPS) is 23.9. The lowest BCUT2D eigenvalue weighted by atomic mass is 10.2. The van der Waals surface area contributed by atoms with Crippen LogP contribution in [-0.4, -0.2) is 48.2 Å². The van der Waals surface area contributed by atoms with E-state index < -0.39 is 0 Å². The van der Waals surface area contributed by atoms with Gasteiger partial charge in [-0.25, -0.2) is 0 Å². The molecule has 0 saturated carbocycles. The van der Waals surface area contributed by atoms with Crippen LogP contribution in [-0.2, 0) is 4.74 Å². The van der Waals surface area contributed by atoms with Crippen molar-refractivity contribution in [1.82, 2.24) is 4.90 Å². The first-order valence-electron chi connectivity index (χ1n) is 5.62. The van der Waals surface area contributed by atoms with Gasteiger partial charge in [-0.05, 0) is 5.92 Å². The first-order chi connectivity index (χ1) is 7.61. The summed E-state index contributed by atoms with van der Waals surface area (Å²) in [7, 11) is 0. The number of hydrogen-bond acceptors (Lipinski definition) is 5. The molecule has 1 aliphatic rings. The summed E-state index contributed by atoms with van der Waals surface area (Å²) in [6, 6.07) is 0. The van der Waals surface area contributed by atoms with Crippen LogP contribution in [0.1, 0.15) is 13.8 Å². The molecule has 0 aliphatic carbocycles. The molecule has 94 valence electrons. The topological polar surface area (TPSA) is 76.9 Å². The summed E-state index contributed by atoms with van der Waals surface area (Å²) in [6.45, 7) is 8.40. The highest BCUT2D eigenvalue weighted by molar-refractivity contribution is 8.13. The molecular weight excluding hydrogens is 224 g/mol. The van der Waals surface area contributed by atoms with Crippen LogP contribution >= 0.6 is 11.8 Å². The van der Waals surface area contributed by atoms with Gasteiger partial charge in [-0.2, -0.15) is 5.10 Å². The second-order valence-corrected chi connectivity index (χ2v) is 5.46. The maximum atomic E-state index is 5.67. The highest BCUT2D eigenvalue weighted by atomic mass is 32.2. The van der Waals surface area contributed by atoms with E-state index in [4.69, 9.17) is 16.3 Å². The molecule has 1 heterocycles. The van der Waals surface area contributed by atoms with E-state index in [1.54, 1.807) is 0 Å². The lowest BCUT2D eigenvalue weighted by molar-refractivity contribution is -0.0190. The number of rotatable bonds is 4. The van der Waals surface area contributed by atoms with Crippen molar-refractivity contribution in [3.8, 4) is 0 Å². The molecule has 0 aromatic rings. The minimum Gasteiger partial charge on any atom is -0.377 e. The summed E-state index contributed by atoms with van der Waals surface area (Å²) in [6.07, 6.45) is 0.234. The fourth-order valence-electron chi connectivity index (χ4n) is 1.78. The molecule has 1 fully saturated rings. The molecule has 0 spiro atoms. The fraction of sp³-hybridized carbons (Fsp3) is 0.900. The van der Waals surface area contributed by atoms with Crippen molar-refractivity contribution in [2.75, 3.05) is 32.0 Å². The number of thioether (sulfide) groups is 1. The number of nitrogens with two attached hydrogens (primary N) is 2. The van der Waals surface area contributed by atoms with Gasteiger partial charge < -0.3 is 16.3 Å². The number of ether oxygens (including phenoxy) is 1. The Morgan fingerprint density at radius 3 is 3.00 bits per heavy atom. The van der Waals surface area contributed by atoms with Crippen LogP contribution in [0.2, 0.25) is 0 Å². The molecule has 1 atom stereocenters. The van der Waals surface area contributed by atoms with Gasteiger partial charge >= 0.3 is 0 Å². The molecule has 1 rings (SSSR count). The summed E-state index contributed by atoms with van der Waals surface area (Å²) in [5.41, 5.74) is 5.52. The van der Waals surface area contributed by atoms with E-state index in [-0.39, 0.29) is 6.10 Å². The maximum absolute atomic E-state index is 5.67. The molecule has 4 N–H and O–H groups in total. The average Bonchev–Trinajstić information content (AvgIpc) is 2.25. The standard InChI is InChI=1S/C10H22N4OS/c1-8(2)5-14-3-4-15-9(6-14)7-16-10(11)13-12/h8-9H,3-7,12H2,1-2H3,(H2,11,13). The summed E-state index contributed by atoms with van der Waals surface area (Å²) in [5, 5.41) is 3.85. The highest BCUT2D eigenvalue weighted by Gasteiger charge is 2.21.